The molecule has 0 aromatic heterocycles. The molecule has 132 valence electrons. The molecule has 2 aromatic carbocycles. The smallest absolute Gasteiger partial charge is 0.347 e. The van der Waals surface area contributed by atoms with E-state index in [1.54, 1.807) is 0 Å². The zero-order valence-electron chi connectivity index (χ0n) is 13.3. The third-order valence-corrected chi connectivity index (χ3v) is 3.44. The van der Waals surface area contributed by atoms with Crippen molar-refractivity contribution in [3.05, 3.63) is 65.7 Å². The number of nitrogens with one attached hydrogen (secondary N) is 2. The molecule has 0 heterocycles. The Morgan fingerprint density at radius 3 is 2.20 bits per heavy atom. The molecule has 0 aliphatic rings. The average molecular weight is 350 g/mol. The Morgan fingerprint density at radius 2 is 1.52 bits per heavy atom. The molecule has 7 heteroatoms. The lowest BCUT2D eigenvalue weighted by molar-refractivity contribution is -0.137. The van der Waals surface area contributed by atoms with Crippen molar-refractivity contribution < 1.29 is 22.8 Å². The molecule has 0 fully saturated rings. The Hall–Kier alpha value is -2.83. The second-order valence-electron chi connectivity index (χ2n) is 5.35. The Kier molecular flexibility index (Phi) is 6.16. The Labute approximate surface area is 143 Å². The second kappa shape index (κ2) is 8.32. The van der Waals surface area contributed by atoms with Gasteiger partial charge in [-0.2, -0.15) is 13.2 Å². The van der Waals surface area contributed by atoms with Gasteiger partial charge in [0.2, 0.25) is 11.8 Å². The van der Waals surface area contributed by atoms with Crippen LogP contribution in [0.2, 0.25) is 0 Å². The lowest BCUT2D eigenvalue weighted by atomic mass is 10.1. The number of hydrogen-bond acceptors (Lipinski definition) is 2. The van der Waals surface area contributed by atoms with Gasteiger partial charge in [0.25, 0.3) is 0 Å². The third kappa shape index (κ3) is 5.95. The normalized spacial score (nSPS) is 11.0. The van der Waals surface area contributed by atoms with Crippen molar-refractivity contribution in [3.8, 4) is 0 Å². The highest BCUT2D eigenvalue weighted by molar-refractivity contribution is 5.95. The van der Waals surface area contributed by atoms with Crippen molar-refractivity contribution in [2.45, 2.75) is 19.0 Å². The molecule has 0 saturated heterocycles. The van der Waals surface area contributed by atoms with Gasteiger partial charge < -0.3 is 10.6 Å². The highest BCUT2D eigenvalue weighted by Gasteiger charge is 2.33. The van der Waals surface area contributed by atoms with Crippen LogP contribution >= 0.6 is 0 Å². The van der Waals surface area contributed by atoms with Crippen LogP contribution in [0.1, 0.15) is 17.5 Å². The number of halogens is 3. The van der Waals surface area contributed by atoms with Gasteiger partial charge in [0, 0.05) is 6.42 Å². The van der Waals surface area contributed by atoms with Crippen molar-refractivity contribution >= 4 is 17.5 Å². The SMILES string of the molecule is O=C(CCc1ccccc1)NCC(=O)Nc1ccccc1C(F)(F)F. The van der Waals surface area contributed by atoms with Gasteiger partial charge >= 0.3 is 6.18 Å². The summed E-state index contributed by atoms with van der Waals surface area (Å²) in [6.07, 6.45) is -3.86. The summed E-state index contributed by atoms with van der Waals surface area (Å²) in [4.78, 5) is 23.5. The van der Waals surface area contributed by atoms with Gasteiger partial charge in [-0.15, -0.1) is 0 Å². The maximum absolute atomic E-state index is 12.9. The first-order chi connectivity index (χ1) is 11.9. The summed E-state index contributed by atoms with van der Waals surface area (Å²) in [6.45, 7) is -0.389. The topological polar surface area (TPSA) is 58.2 Å². The second-order valence-corrected chi connectivity index (χ2v) is 5.35. The molecule has 4 nitrogen and oxygen atoms in total. The van der Waals surface area contributed by atoms with Crippen molar-refractivity contribution in [3.63, 3.8) is 0 Å². The molecule has 0 radical (unpaired) electrons. The summed E-state index contributed by atoms with van der Waals surface area (Å²) in [5, 5.41) is 4.57. The lowest BCUT2D eigenvalue weighted by Gasteiger charge is -2.13. The van der Waals surface area contributed by atoms with Crippen LogP contribution < -0.4 is 10.6 Å². The van der Waals surface area contributed by atoms with Crippen LogP contribution in [0.3, 0.4) is 0 Å². The summed E-state index contributed by atoms with van der Waals surface area (Å²) < 4.78 is 38.6. The molecule has 0 saturated carbocycles. The first kappa shape index (κ1) is 18.5. The van der Waals surface area contributed by atoms with Crippen LogP contribution in [-0.2, 0) is 22.2 Å². The lowest BCUT2D eigenvalue weighted by Crippen LogP contribution is -2.33. The van der Waals surface area contributed by atoms with E-state index in [0.717, 1.165) is 17.7 Å². The van der Waals surface area contributed by atoms with E-state index in [4.69, 9.17) is 0 Å². The van der Waals surface area contributed by atoms with E-state index in [2.05, 4.69) is 10.6 Å². The maximum Gasteiger partial charge on any atom is 0.418 e. The number of aryl methyl sites for hydroxylation is 1. The van der Waals surface area contributed by atoms with Crippen molar-refractivity contribution in [2.24, 2.45) is 0 Å². The largest absolute Gasteiger partial charge is 0.418 e. The van der Waals surface area contributed by atoms with E-state index in [-0.39, 0.29) is 24.6 Å². The van der Waals surface area contributed by atoms with Gasteiger partial charge in [0.1, 0.15) is 0 Å². The van der Waals surface area contributed by atoms with Gasteiger partial charge in [0.05, 0.1) is 17.8 Å². The zero-order valence-corrected chi connectivity index (χ0v) is 13.3. The summed E-state index contributed by atoms with van der Waals surface area (Å²) in [5.74, 6) is -1.06. The molecule has 0 unspecified atom stereocenters. The molecule has 0 bridgehead atoms. The number of carbonyl (C=O) groups is 2. The minimum Gasteiger partial charge on any atom is -0.347 e. The number of hydrogen-bond donors (Lipinski definition) is 2. The molecule has 0 atom stereocenters. The van der Waals surface area contributed by atoms with Crippen LogP contribution in [0.4, 0.5) is 18.9 Å². The Morgan fingerprint density at radius 1 is 0.880 bits per heavy atom. The van der Waals surface area contributed by atoms with Gasteiger partial charge in [0.15, 0.2) is 0 Å². The molecule has 2 N–H and O–H groups in total. The number of alkyl halides is 3. The fourth-order valence-corrected chi connectivity index (χ4v) is 2.20. The Bertz CT molecular complexity index is 731. The number of carbonyl (C=O) groups excluding carboxylic acids is 2. The molecular formula is C18H17F3N2O2. The molecule has 2 rings (SSSR count). The zero-order chi connectivity index (χ0) is 18.3. The number of anilines is 1. The number of rotatable bonds is 6. The molecular weight excluding hydrogens is 333 g/mol. The molecule has 25 heavy (non-hydrogen) atoms. The minimum absolute atomic E-state index is 0.191. The molecule has 0 aliphatic heterocycles. The van der Waals surface area contributed by atoms with E-state index in [9.17, 15) is 22.8 Å². The third-order valence-electron chi connectivity index (χ3n) is 3.44. The van der Waals surface area contributed by atoms with Crippen LogP contribution in [0.5, 0.6) is 0 Å². The fraction of sp³-hybridized carbons (Fsp3) is 0.222. The molecule has 2 aromatic rings. The molecule has 2 amide bonds. The molecule has 0 spiro atoms. The predicted molar refractivity (Wildman–Crippen MR) is 87.8 cm³/mol. The Balaban J connectivity index is 1.82. The fourth-order valence-electron chi connectivity index (χ4n) is 2.20. The molecule has 0 aliphatic carbocycles. The number of para-hydroxylation sites is 1. The summed E-state index contributed by atoms with van der Waals surface area (Å²) >= 11 is 0. The van der Waals surface area contributed by atoms with Crippen molar-refractivity contribution in [1.82, 2.24) is 5.32 Å². The summed E-state index contributed by atoms with van der Waals surface area (Å²) in [7, 11) is 0. The highest BCUT2D eigenvalue weighted by Crippen LogP contribution is 2.34. The van der Waals surface area contributed by atoms with Crippen molar-refractivity contribution in [1.29, 1.82) is 0 Å². The van der Waals surface area contributed by atoms with Gasteiger partial charge in [-0.1, -0.05) is 42.5 Å². The van der Waals surface area contributed by atoms with Crippen LogP contribution in [0.25, 0.3) is 0 Å². The number of amides is 2. The van der Waals surface area contributed by atoms with E-state index < -0.39 is 17.6 Å². The number of benzene rings is 2. The first-order valence-corrected chi connectivity index (χ1v) is 7.63. The van der Waals surface area contributed by atoms with Crippen LogP contribution in [0.15, 0.2) is 54.6 Å². The van der Waals surface area contributed by atoms with Crippen molar-refractivity contribution in [2.75, 3.05) is 11.9 Å². The quantitative estimate of drug-likeness (QED) is 0.839. The van der Waals surface area contributed by atoms with Crippen LogP contribution in [-0.4, -0.2) is 18.4 Å². The minimum atomic E-state index is -4.57. The van der Waals surface area contributed by atoms with Gasteiger partial charge in [-0.3, -0.25) is 9.59 Å². The van der Waals surface area contributed by atoms with E-state index in [1.807, 2.05) is 30.3 Å². The van der Waals surface area contributed by atoms with Gasteiger partial charge in [-0.25, -0.2) is 0 Å². The average Bonchev–Trinajstić information content (AvgIpc) is 2.58. The maximum atomic E-state index is 12.9. The highest BCUT2D eigenvalue weighted by atomic mass is 19.4. The van der Waals surface area contributed by atoms with Crippen LogP contribution in [0, 0.1) is 0 Å². The summed E-state index contributed by atoms with van der Waals surface area (Å²) in [5.41, 5.74) is -0.279. The van der Waals surface area contributed by atoms with E-state index in [0.29, 0.717) is 6.42 Å². The monoisotopic (exact) mass is 350 g/mol. The van der Waals surface area contributed by atoms with Gasteiger partial charge in [-0.05, 0) is 24.1 Å². The predicted octanol–water partition coefficient (Wildman–Crippen LogP) is 3.39. The standard InChI is InChI=1S/C18H17F3N2O2/c19-18(20,21)14-8-4-5-9-15(14)23-17(25)12-22-16(24)11-10-13-6-2-1-3-7-13/h1-9H,10-12H2,(H,22,24)(H,23,25). The first-order valence-electron chi connectivity index (χ1n) is 7.63. The summed E-state index contributed by atoms with van der Waals surface area (Å²) in [6, 6.07) is 14.0. The van der Waals surface area contributed by atoms with E-state index >= 15 is 0 Å². The van der Waals surface area contributed by atoms with E-state index in [1.165, 1.54) is 12.1 Å².